The Balaban J connectivity index is 2.15. The summed E-state index contributed by atoms with van der Waals surface area (Å²) in [5.41, 5.74) is 0. The van der Waals surface area contributed by atoms with Gasteiger partial charge >= 0.3 is 0 Å². The second-order valence-corrected chi connectivity index (χ2v) is 8.05. The molecule has 1 saturated heterocycles. The summed E-state index contributed by atoms with van der Waals surface area (Å²) >= 11 is 0. The number of rotatable bonds is 4. The van der Waals surface area contributed by atoms with Crippen LogP contribution in [0.15, 0.2) is 0 Å². The first-order valence-corrected chi connectivity index (χ1v) is 9.34. The van der Waals surface area contributed by atoms with Crippen LogP contribution in [0.1, 0.15) is 58.3 Å². The molecule has 19 heavy (non-hydrogen) atoms. The van der Waals surface area contributed by atoms with Crippen molar-refractivity contribution in [2.45, 2.75) is 70.4 Å². The third kappa shape index (κ3) is 3.50. The SMILES string of the molecule is CCCS(=O)(=O)N1CCCCC1C1CCCCC1O. The summed E-state index contributed by atoms with van der Waals surface area (Å²) in [5.74, 6) is 0.396. The number of sulfonamides is 1. The number of nitrogens with zero attached hydrogens (tertiary/aromatic N) is 1. The highest BCUT2D eigenvalue weighted by molar-refractivity contribution is 7.89. The fourth-order valence-corrected chi connectivity index (χ4v) is 5.50. The van der Waals surface area contributed by atoms with Crippen molar-refractivity contribution in [2.24, 2.45) is 5.92 Å². The second kappa shape index (κ2) is 6.55. The van der Waals surface area contributed by atoms with Crippen LogP contribution in [0.4, 0.5) is 0 Å². The van der Waals surface area contributed by atoms with Crippen molar-refractivity contribution >= 4 is 10.0 Å². The fraction of sp³-hybridized carbons (Fsp3) is 1.00. The van der Waals surface area contributed by atoms with E-state index < -0.39 is 10.0 Å². The highest BCUT2D eigenvalue weighted by atomic mass is 32.2. The van der Waals surface area contributed by atoms with Crippen molar-refractivity contribution in [3.8, 4) is 0 Å². The maximum atomic E-state index is 12.4. The number of aliphatic hydroxyl groups excluding tert-OH is 1. The molecule has 0 aromatic carbocycles. The van der Waals surface area contributed by atoms with Crippen LogP contribution in [0, 0.1) is 5.92 Å². The summed E-state index contributed by atoms with van der Waals surface area (Å²) in [6.07, 6.45) is 7.34. The first-order chi connectivity index (χ1) is 9.06. The van der Waals surface area contributed by atoms with E-state index in [1.807, 2.05) is 6.92 Å². The van der Waals surface area contributed by atoms with Gasteiger partial charge < -0.3 is 5.11 Å². The predicted molar refractivity (Wildman–Crippen MR) is 76.4 cm³/mol. The lowest BCUT2D eigenvalue weighted by Gasteiger charge is -2.42. The highest BCUT2D eigenvalue weighted by Gasteiger charge is 2.39. The molecule has 2 fully saturated rings. The minimum Gasteiger partial charge on any atom is -0.393 e. The lowest BCUT2D eigenvalue weighted by atomic mass is 9.79. The number of hydrogen-bond donors (Lipinski definition) is 1. The Kier molecular flexibility index (Phi) is 5.26. The van der Waals surface area contributed by atoms with Crippen LogP contribution in [0.2, 0.25) is 0 Å². The Labute approximate surface area is 117 Å². The normalized spacial score (nSPS) is 34.3. The summed E-state index contributed by atoms with van der Waals surface area (Å²) in [5, 5.41) is 10.2. The van der Waals surface area contributed by atoms with Gasteiger partial charge in [-0.3, -0.25) is 0 Å². The van der Waals surface area contributed by atoms with Gasteiger partial charge in [0.15, 0.2) is 0 Å². The zero-order valence-electron chi connectivity index (χ0n) is 11.9. The summed E-state index contributed by atoms with van der Waals surface area (Å²) in [6, 6.07) is 0.0422. The van der Waals surface area contributed by atoms with Crippen LogP contribution in [-0.4, -0.2) is 42.3 Å². The maximum Gasteiger partial charge on any atom is 0.214 e. The Morgan fingerprint density at radius 2 is 1.79 bits per heavy atom. The summed E-state index contributed by atoms with van der Waals surface area (Å²) < 4.78 is 26.5. The maximum absolute atomic E-state index is 12.4. The van der Waals surface area contributed by atoms with Crippen LogP contribution in [0.3, 0.4) is 0 Å². The fourth-order valence-electron chi connectivity index (χ4n) is 3.67. The molecule has 0 bridgehead atoms. The van der Waals surface area contributed by atoms with E-state index in [-0.39, 0.29) is 23.8 Å². The van der Waals surface area contributed by atoms with E-state index in [4.69, 9.17) is 0 Å². The summed E-state index contributed by atoms with van der Waals surface area (Å²) in [4.78, 5) is 0. The molecule has 5 heteroatoms. The van der Waals surface area contributed by atoms with Crippen molar-refractivity contribution in [1.29, 1.82) is 0 Å². The first kappa shape index (κ1) is 15.3. The standard InChI is InChI=1S/C14H27NO3S/c1-2-11-19(17,18)15-10-6-5-8-13(15)12-7-3-4-9-14(12)16/h12-14,16H,2-11H2,1H3. The van der Waals surface area contributed by atoms with Gasteiger partial charge in [0.2, 0.25) is 10.0 Å². The number of hydrogen-bond acceptors (Lipinski definition) is 3. The van der Waals surface area contributed by atoms with Gasteiger partial charge in [0, 0.05) is 18.5 Å². The molecule has 1 saturated carbocycles. The van der Waals surface area contributed by atoms with Crippen molar-refractivity contribution in [2.75, 3.05) is 12.3 Å². The molecular formula is C14H27NO3S. The van der Waals surface area contributed by atoms with Gasteiger partial charge in [-0.1, -0.05) is 26.2 Å². The molecule has 0 spiro atoms. The van der Waals surface area contributed by atoms with Gasteiger partial charge in [0.05, 0.1) is 11.9 Å². The molecule has 112 valence electrons. The molecule has 2 aliphatic rings. The zero-order chi connectivity index (χ0) is 13.9. The number of piperidine rings is 1. The Hall–Kier alpha value is -0.130. The predicted octanol–water partition coefficient (Wildman–Crippen LogP) is 2.13. The van der Waals surface area contributed by atoms with E-state index in [9.17, 15) is 13.5 Å². The molecule has 1 aliphatic carbocycles. The molecule has 3 unspecified atom stereocenters. The minimum atomic E-state index is -3.13. The smallest absolute Gasteiger partial charge is 0.214 e. The van der Waals surface area contributed by atoms with Gasteiger partial charge in [-0.25, -0.2) is 8.42 Å². The van der Waals surface area contributed by atoms with Crippen molar-refractivity contribution in [3.05, 3.63) is 0 Å². The third-order valence-corrected chi connectivity index (χ3v) is 6.69. The Bertz CT molecular complexity index is 382. The Morgan fingerprint density at radius 1 is 1.11 bits per heavy atom. The topological polar surface area (TPSA) is 57.6 Å². The van der Waals surface area contributed by atoms with Crippen molar-refractivity contribution in [1.82, 2.24) is 4.31 Å². The van der Waals surface area contributed by atoms with E-state index in [1.54, 1.807) is 4.31 Å². The minimum absolute atomic E-state index is 0.0422. The molecule has 0 aromatic heterocycles. The largest absolute Gasteiger partial charge is 0.393 e. The van der Waals surface area contributed by atoms with Crippen LogP contribution in [-0.2, 0) is 10.0 Å². The van der Waals surface area contributed by atoms with Gasteiger partial charge in [-0.15, -0.1) is 0 Å². The summed E-state index contributed by atoms with van der Waals surface area (Å²) in [6.45, 7) is 2.56. The van der Waals surface area contributed by atoms with Crippen LogP contribution in [0.5, 0.6) is 0 Å². The second-order valence-electron chi connectivity index (χ2n) is 6.01. The molecule has 1 heterocycles. The highest BCUT2D eigenvalue weighted by Crippen LogP contribution is 2.35. The summed E-state index contributed by atoms with van der Waals surface area (Å²) in [7, 11) is -3.13. The van der Waals surface area contributed by atoms with Gasteiger partial charge in [-0.2, -0.15) is 4.31 Å². The van der Waals surface area contributed by atoms with E-state index >= 15 is 0 Å². The van der Waals surface area contributed by atoms with E-state index in [0.29, 0.717) is 13.0 Å². The lowest BCUT2D eigenvalue weighted by Crippen LogP contribution is -2.51. The molecule has 0 radical (unpaired) electrons. The molecule has 4 nitrogen and oxygen atoms in total. The molecule has 1 aliphatic heterocycles. The molecule has 2 rings (SSSR count). The van der Waals surface area contributed by atoms with Crippen LogP contribution < -0.4 is 0 Å². The van der Waals surface area contributed by atoms with Crippen molar-refractivity contribution in [3.63, 3.8) is 0 Å². The van der Waals surface area contributed by atoms with Crippen molar-refractivity contribution < 1.29 is 13.5 Å². The van der Waals surface area contributed by atoms with E-state index in [0.717, 1.165) is 44.9 Å². The van der Waals surface area contributed by atoms with E-state index in [2.05, 4.69) is 0 Å². The zero-order valence-corrected chi connectivity index (χ0v) is 12.7. The Morgan fingerprint density at radius 3 is 2.47 bits per heavy atom. The molecule has 0 aromatic rings. The molecule has 1 N–H and O–H groups in total. The van der Waals surface area contributed by atoms with Gasteiger partial charge in [-0.05, 0) is 32.1 Å². The monoisotopic (exact) mass is 289 g/mol. The average molecular weight is 289 g/mol. The molecular weight excluding hydrogens is 262 g/mol. The van der Waals surface area contributed by atoms with Crippen LogP contribution >= 0.6 is 0 Å². The number of aliphatic hydroxyl groups is 1. The van der Waals surface area contributed by atoms with Gasteiger partial charge in [0.1, 0.15) is 0 Å². The molecule has 0 amide bonds. The first-order valence-electron chi connectivity index (χ1n) is 7.74. The quantitative estimate of drug-likeness (QED) is 0.862. The van der Waals surface area contributed by atoms with Crippen LogP contribution in [0.25, 0.3) is 0 Å². The molecule has 3 atom stereocenters. The lowest BCUT2D eigenvalue weighted by molar-refractivity contribution is 0.0204. The third-order valence-electron chi connectivity index (χ3n) is 4.59. The van der Waals surface area contributed by atoms with Gasteiger partial charge in [0.25, 0.3) is 0 Å². The van der Waals surface area contributed by atoms with E-state index in [1.165, 1.54) is 0 Å². The average Bonchev–Trinajstić information content (AvgIpc) is 2.39.